The van der Waals surface area contributed by atoms with Crippen molar-refractivity contribution in [3.8, 4) is 22.5 Å². The Morgan fingerprint density at radius 2 is 1.57 bits per heavy atom. The topological polar surface area (TPSA) is 71.3 Å². The van der Waals surface area contributed by atoms with Crippen LogP contribution in [0.2, 0.25) is 0 Å². The van der Waals surface area contributed by atoms with E-state index in [1.54, 1.807) is 19.2 Å². The van der Waals surface area contributed by atoms with Crippen LogP contribution in [0.25, 0.3) is 33.4 Å². The Kier molecular flexibility index (Phi) is 6.36. The molecule has 4 aromatic rings. The maximum atomic E-state index is 13.5. The molecule has 3 aromatic carbocycles. The average Bonchev–Trinajstić information content (AvgIpc) is 3.28. The summed E-state index contributed by atoms with van der Waals surface area (Å²) in [5.41, 5.74) is 3.90. The van der Waals surface area contributed by atoms with Gasteiger partial charge in [-0.2, -0.15) is 0 Å². The highest BCUT2D eigenvalue weighted by molar-refractivity contribution is 6.11. The van der Waals surface area contributed by atoms with Crippen molar-refractivity contribution in [3.63, 3.8) is 0 Å². The lowest BCUT2D eigenvalue weighted by Crippen LogP contribution is -2.36. The number of rotatable bonds is 5. The Balaban J connectivity index is 1.52. The molecule has 1 saturated carbocycles. The fourth-order valence-electron chi connectivity index (χ4n) is 4.79. The number of hydrogen-bond acceptors (Lipinski definition) is 3. The molecule has 2 amide bonds. The highest BCUT2D eigenvalue weighted by atomic mass is 19.1. The molecule has 1 aliphatic carbocycles. The van der Waals surface area contributed by atoms with Crippen molar-refractivity contribution in [2.75, 3.05) is 7.05 Å². The first-order chi connectivity index (χ1) is 17.0. The lowest BCUT2D eigenvalue weighted by atomic mass is 9.95. The molecule has 0 unspecified atom stereocenters. The van der Waals surface area contributed by atoms with Crippen molar-refractivity contribution >= 4 is 22.8 Å². The van der Waals surface area contributed by atoms with Gasteiger partial charge < -0.3 is 15.1 Å². The summed E-state index contributed by atoms with van der Waals surface area (Å²) >= 11 is 0. The first-order valence-electron chi connectivity index (χ1n) is 12.0. The van der Waals surface area contributed by atoms with Crippen molar-refractivity contribution < 1.29 is 18.4 Å². The van der Waals surface area contributed by atoms with Gasteiger partial charge in [0.2, 0.25) is 0 Å². The summed E-state index contributed by atoms with van der Waals surface area (Å²) in [6, 6.07) is 19.2. The zero-order valence-electron chi connectivity index (χ0n) is 19.6. The molecule has 178 valence electrons. The van der Waals surface area contributed by atoms with Crippen LogP contribution in [0, 0.1) is 5.82 Å². The van der Waals surface area contributed by atoms with Crippen molar-refractivity contribution in [1.29, 1.82) is 0 Å². The summed E-state index contributed by atoms with van der Waals surface area (Å²) < 4.78 is 19.5. The molecule has 5 rings (SSSR count). The number of carbonyl (C=O) groups excluding carboxylic acids is 2. The number of halogens is 1. The fourth-order valence-corrected chi connectivity index (χ4v) is 4.79. The second-order valence-corrected chi connectivity index (χ2v) is 8.99. The van der Waals surface area contributed by atoms with E-state index in [2.05, 4.69) is 10.6 Å². The van der Waals surface area contributed by atoms with Crippen LogP contribution >= 0.6 is 0 Å². The number of hydrogen-bond donors (Lipinski definition) is 2. The summed E-state index contributed by atoms with van der Waals surface area (Å²) in [6.07, 6.45) is 5.61. The van der Waals surface area contributed by atoms with E-state index >= 15 is 0 Å². The predicted molar refractivity (Wildman–Crippen MR) is 135 cm³/mol. The van der Waals surface area contributed by atoms with Crippen LogP contribution in [0.3, 0.4) is 0 Å². The van der Waals surface area contributed by atoms with E-state index in [0.717, 1.165) is 36.8 Å². The number of amides is 2. The Hall–Kier alpha value is -3.93. The smallest absolute Gasteiger partial charge is 0.255 e. The van der Waals surface area contributed by atoms with Gasteiger partial charge in [0.05, 0.1) is 5.56 Å². The minimum atomic E-state index is -0.360. The maximum absolute atomic E-state index is 13.5. The van der Waals surface area contributed by atoms with E-state index < -0.39 is 0 Å². The molecule has 1 aromatic heterocycles. The van der Waals surface area contributed by atoms with Gasteiger partial charge in [-0.1, -0.05) is 37.5 Å². The highest BCUT2D eigenvalue weighted by Gasteiger charge is 2.22. The van der Waals surface area contributed by atoms with Crippen LogP contribution in [-0.4, -0.2) is 24.9 Å². The van der Waals surface area contributed by atoms with Crippen LogP contribution in [0.5, 0.6) is 0 Å². The summed E-state index contributed by atoms with van der Waals surface area (Å²) in [4.78, 5) is 25.7. The zero-order valence-corrected chi connectivity index (χ0v) is 19.6. The quantitative estimate of drug-likeness (QED) is 0.358. The standard InChI is InChI=1S/C29H27FN2O3/c1-31-29(34)26-24-17-20(12-15-25(24)35-27(26)18-10-13-22(30)14-11-18)19-6-5-7-21(16-19)28(33)32-23-8-3-2-4-9-23/h5-7,10-17,23H,2-4,8-9H2,1H3,(H,31,34)(H,32,33). The molecular weight excluding hydrogens is 443 g/mol. The zero-order chi connectivity index (χ0) is 24.4. The van der Waals surface area contributed by atoms with Crippen LogP contribution < -0.4 is 10.6 Å². The molecule has 0 spiro atoms. The number of benzene rings is 3. The molecule has 0 saturated heterocycles. The van der Waals surface area contributed by atoms with Gasteiger partial charge in [0.25, 0.3) is 11.8 Å². The SMILES string of the molecule is CNC(=O)c1c(-c2ccc(F)cc2)oc2ccc(-c3cccc(C(=O)NC4CCCCC4)c3)cc12. The second-order valence-electron chi connectivity index (χ2n) is 8.99. The molecule has 1 fully saturated rings. The summed E-state index contributed by atoms with van der Waals surface area (Å²) in [6.45, 7) is 0. The predicted octanol–water partition coefficient (Wildman–Crippen LogP) is 6.33. The van der Waals surface area contributed by atoms with Gasteiger partial charge in [-0.05, 0) is 72.5 Å². The van der Waals surface area contributed by atoms with Crippen LogP contribution in [0.15, 0.2) is 71.1 Å². The first-order valence-corrected chi connectivity index (χ1v) is 12.0. The normalized spacial score (nSPS) is 14.1. The monoisotopic (exact) mass is 470 g/mol. The van der Waals surface area contributed by atoms with Gasteiger partial charge in [-0.25, -0.2) is 4.39 Å². The molecule has 1 heterocycles. The number of furan rings is 1. The van der Waals surface area contributed by atoms with Gasteiger partial charge in [0, 0.05) is 29.6 Å². The molecule has 5 nitrogen and oxygen atoms in total. The van der Waals surface area contributed by atoms with E-state index in [0.29, 0.717) is 33.4 Å². The molecule has 6 heteroatoms. The maximum Gasteiger partial charge on any atom is 0.255 e. The van der Waals surface area contributed by atoms with Gasteiger partial charge in [0.1, 0.15) is 17.2 Å². The lowest BCUT2D eigenvalue weighted by Gasteiger charge is -2.22. The van der Waals surface area contributed by atoms with Gasteiger partial charge in [-0.15, -0.1) is 0 Å². The molecule has 0 aliphatic heterocycles. The van der Waals surface area contributed by atoms with Crippen molar-refractivity contribution in [1.82, 2.24) is 10.6 Å². The third-order valence-corrected chi connectivity index (χ3v) is 6.65. The van der Waals surface area contributed by atoms with Crippen molar-refractivity contribution in [2.24, 2.45) is 0 Å². The summed E-state index contributed by atoms with van der Waals surface area (Å²) in [5.74, 6) is -0.327. The molecule has 0 bridgehead atoms. The molecular formula is C29H27FN2O3. The largest absolute Gasteiger partial charge is 0.455 e. The van der Waals surface area contributed by atoms with E-state index in [4.69, 9.17) is 4.42 Å². The Labute approximate surface area is 203 Å². The van der Waals surface area contributed by atoms with Crippen LogP contribution in [0.4, 0.5) is 4.39 Å². The minimum absolute atomic E-state index is 0.0622. The third-order valence-electron chi connectivity index (χ3n) is 6.65. The lowest BCUT2D eigenvalue weighted by molar-refractivity contribution is 0.0926. The van der Waals surface area contributed by atoms with Gasteiger partial charge >= 0.3 is 0 Å². The molecule has 1 aliphatic rings. The number of carbonyl (C=O) groups is 2. The Morgan fingerprint density at radius 3 is 2.31 bits per heavy atom. The van der Waals surface area contributed by atoms with E-state index in [1.807, 2.05) is 42.5 Å². The molecule has 0 atom stereocenters. The summed E-state index contributed by atoms with van der Waals surface area (Å²) in [5, 5.41) is 6.50. The van der Waals surface area contributed by atoms with E-state index in [-0.39, 0.29) is 23.7 Å². The molecule has 0 radical (unpaired) electrons. The molecule has 35 heavy (non-hydrogen) atoms. The summed E-state index contributed by atoms with van der Waals surface area (Å²) in [7, 11) is 1.56. The van der Waals surface area contributed by atoms with Crippen LogP contribution in [0.1, 0.15) is 52.8 Å². The highest BCUT2D eigenvalue weighted by Crippen LogP contribution is 2.36. The Bertz CT molecular complexity index is 1390. The second kappa shape index (κ2) is 9.74. The van der Waals surface area contributed by atoms with Crippen LogP contribution in [-0.2, 0) is 0 Å². The number of nitrogens with one attached hydrogen (secondary N) is 2. The number of fused-ring (bicyclic) bond motifs is 1. The third kappa shape index (κ3) is 4.69. The molecule has 2 N–H and O–H groups in total. The van der Waals surface area contributed by atoms with Crippen molar-refractivity contribution in [2.45, 2.75) is 38.1 Å². The van der Waals surface area contributed by atoms with Gasteiger partial charge in [0.15, 0.2) is 0 Å². The minimum Gasteiger partial charge on any atom is -0.455 e. The fraction of sp³-hybridized carbons (Fsp3) is 0.241. The average molecular weight is 471 g/mol. The Morgan fingerprint density at radius 1 is 0.857 bits per heavy atom. The first kappa shape index (κ1) is 22.8. The van der Waals surface area contributed by atoms with Gasteiger partial charge in [-0.3, -0.25) is 9.59 Å². The van der Waals surface area contributed by atoms with Crippen molar-refractivity contribution in [3.05, 3.63) is 83.7 Å². The van der Waals surface area contributed by atoms with E-state index in [1.165, 1.54) is 18.6 Å². The van der Waals surface area contributed by atoms with E-state index in [9.17, 15) is 14.0 Å².